The number of carbonyl (C=O) groups excluding carboxylic acids is 2. The fraction of sp³-hybridized carbons (Fsp3) is 0.927. The van der Waals surface area contributed by atoms with Gasteiger partial charge in [-0.1, -0.05) is 162 Å². The molecule has 0 aromatic carbocycles. The molecule has 0 amide bonds. The third kappa shape index (κ3) is 32.0. The summed E-state index contributed by atoms with van der Waals surface area (Å²) in [4.78, 5) is 36.6. The average Bonchev–Trinajstić information content (AvgIpc) is 3.05. The van der Waals surface area contributed by atoms with E-state index in [-0.39, 0.29) is 36.2 Å². The Labute approximate surface area is 302 Å². The number of likely N-dealkylation sites (N-methyl/N-ethyl adjacent to an activating group) is 1. The first kappa shape index (κ1) is 47.3. The van der Waals surface area contributed by atoms with Crippen LogP contribution in [0.2, 0.25) is 0 Å². The minimum atomic E-state index is -0.873. The molecule has 8 heteroatoms. The molecule has 49 heavy (non-hydrogen) atoms. The maximum Gasteiger partial charge on any atom is 0.362 e. The van der Waals surface area contributed by atoms with Gasteiger partial charge in [0.25, 0.3) is 0 Å². The van der Waals surface area contributed by atoms with Crippen molar-refractivity contribution in [3.05, 3.63) is 0 Å². The van der Waals surface area contributed by atoms with Gasteiger partial charge >= 0.3 is 17.9 Å². The maximum atomic E-state index is 12.6. The number of carboxylic acid groups (broad SMARTS) is 1. The van der Waals surface area contributed by atoms with E-state index in [1.54, 1.807) is 0 Å². The SMILES string of the molecule is CCCCCCCCCCCCCCCCCCCCCC(=O)OC(COCCC(C(=O)O)[N+](C)(C)C)COC(=O)CCCCCCCC. The van der Waals surface area contributed by atoms with Crippen molar-refractivity contribution in [1.29, 1.82) is 0 Å². The monoisotopic (exact) mass is 699 g/mol. The van der Waals surface area contributed by atoms with Crippen molar-refractivity contribution in [2.24, 2.45) is 0 Å². The topological polar surface area (TPSA) is 99.1 Å². The largest absolute Gasteiger partial charge is 0.477 e. The molecule has 1 N–H and O–H groups in total. The molecule has 0 spiro atoms. The molecular formula is C41H80NO7+. The molecule has 0 aliphatic rings. The summed E-state index contributed by atoms with van der Waals surface area (Å²) < 4.78 is 17.2. The quantitative estimate of drug-likeness (QED) is 0.0392. The van der Waals surface area contributed by atoms with Gasteiger partial charge in [-0.15, -0.1) is 0 Å². The zero-order chi connectivity index (χ0) is 36.4. The number of unbranched alkanes of at least 4 members (excludes halogenated alkanes) is 23. The third-order valence-corrected chi connectivity index (χ3v) is 9.51. The van der Waals surface area contributed by atoms with Crippen LogP contribution in [-0.4, -0.2) is 80.6 Å². The number of nitrogens with zero attached hydrogens (tertiary/aromatic N) is 1. The van der Waals surface area contributed by atoms with Crippen molar-refractivity contribution in [2.45, 2.75) is 206 Å². The van der Waals surface area contributed by atoms with E-state index >= 15 is 0 Å². The summed E-state index contributed by atoms with van der Waals surface area (Å²) in [6.07, 6.45) is 31.7. The third-order valence-electron chi connectivity index (χ3n) is 9.51. The Morgan fingerprint density at radius 2 is 0.898 bits per heavy atom. The second-order valence-corrected chi connectivity index (χ2v) is 15.3. The molecule has 0 aliphatic carbocycles. The molecule has 0 rings (SSSR count). The number of hydrogen-bond donors (Lipinski definition) is 1. The molecule has 0 fully saturated rings. The fourth-order valence-corrected chi connectivity index (χ4v) is 6.27. The lowest BCUT2D eigenvalue weighted by Crippen LogP contribution is -2.50. The van der Waals surface area contributed by atoms with Crippen LogP contribution >= 0.6 is 0 Å². The lowest BCUT2D eigenvalue weighted by molar-refractivity contribution is -0.887. The number of esters is 2. The predicted octanol–water partition coefficient (Wildman–Crippen LogP) is 10.6. The minimum Gasteiger partial charge on any atom is -0.477 e. The fourth-order valence-electron chi connectivity index (χ4n) is 6.27. The number of hydrogen-bond acceptors (Lipinski definition) is 6. The molecular weight excluding hydrogens is 618 g/mol. The Bertz CT molecular complexity index is 782. The second kappa shape index (κ2) is 33.5. The van der Waals surface area contributed by atoms with Gasteiger partial charge < -0.3 is 23.8 Å². The van der Waals surface area contributed by atoms with Gasteiger partial charge in [0.05, 0.1) is 34.4 Å². The van der Waals surface area contributed by atoms with Gasteiger partial charge in [0.2, 0.25) is 0 Å². The Kier molecular flexibility index (Phi) is 32.3. The molecule has 0 aromatic rings. The second-order valence-electron chi connectivity index (χ2n) is 15.3. The van der Waals surface area contributed by atoms with E-state index in [0.29, 0.717) is 19.3 Å². The van der Waals surface area contributed by atoms with Crippen LogP contribution in [0.5, 0.6) is 0 Å². The highest BCUT2D eigenvalue weighted by atomic mass is 16.6. The van der Waals surface area contributed by atoms with Gasteiger partial charge in [-0.2, -0.15) is 0 Å². The number of rotatable bonds is 37. The van der Waals surface area contributed by atoms with Crippen molar-refractivity contribution >= 4 is 17.9 Å². The van der Waals surface area contributed by atoms with E-state index in [1.807, 2.05) is 21.1 Å². The standard InChI is InChI=1S/C41H79NO7/c1-6-8-10-12-14-15-16-17-18-19-20-21-22-23-24-25-26-28-30-32-40(44)49-37(35-47-34-33-38(41(45)46)42(3,4)5)36-48-39(43)31-29-27-13-11-9-7-2/h37-38H,6-36H2,1-5H3/p+1. The normalized spacial score (nSPS) is 12.9. The Morgan fingerprint density at radius 3 is 1.27 bits per heavy atom. The van der Waals surface area contributed by atoms with E-state index in [0.717, 1.165) is 38.5 Å². The van der Waals surface area contributed by atoms with E-state index in [1.165, 1.54) is 122 Å². The molecule has 0 saturated heterocycles. The van der Waals surface area contributed by atoms with Crippen molar-refractivity contribution in [3.8, 4) is 0 Å². The molecule has 0 saturated carbocycles. The molecule has 0 aromatic heterocycles. The van der Waals surface area contributed by atoms with Gasteiger partial charge in [-0.05, 0) is 12.8 Å². The van der Waals surface area contributed by atoms with Crippen molar-refractivity contribution < 1.29 is 38.2 Å². The van der Waals surface area contributed by atoms with Crippen molar-refractivity contribution in [1.82, 2.24) is 0 Å². The van der Waals surface area contributed by atoms with Gasteiger partial charge in [0.1, 0.15) is 6.61 Å². The summed E-state index contributed by atoms with van der Waals surface area (Å²) in [5.41, 5.74) is 0. The number of ether oxygens (including phenoxy) is 3. The lowest BCUT2D eigenvalue weighted by atomic mass is 10.0. The smallest absolute Gasteiger partial charge is 0.362 e. The highest BCUT2D eigenvalue weighted by Crippen LogP contribution is 2.16. The number of aliphatic carboxylic acids is 1. The number of carbonyl (C=O) groups is 3. The molecule has 0 aliphatic heterocycles. The van der Waals surface area contributed by atoms with Gasteiger partial charge in [-0.3, -0.25) is 9.59 Å². The van der Waals surface area contributed by atoms with Gasteiger partial charge in [0.15, 0.2) is 12.1 Å². The van der Waals surface area contributed by atoms with Crippen LogP contribution < -0.4 is 0 Å². The van der Waals surface area contributed by atoms with Gasteiger partial charge in [0, 0.05) is 19.3 Å². The molecule has 0 heterocycles. The summed E-state index contributed by atoms with van der Waals surface area (Å²) >= 11 is 0. The molecule has 0 radical (unpaired) electrons. The van der Waals surface area contributed by atoms with E-state index < -0.39 is 18.1 Å². The van der Waals surface area contributed by atoms with Crippen LogP contribution in [-0.2, 0) is 28.6 Å². The van der Waals surface area contributed by atoms with E-state index in [4.69, 9.17) is 14.2 Å². The summed E-state index contributed by atoms with van der Waals surface area (Å²) in [7, 11) is 5.52. The zero-order valence-corrected chi connectivity index (χ0v) is 32.9. The van der Waals surface area contributed by atoms with Crippen LogP contribution in [0.1, 0.15) is 194 Å². The van der Waals surface area contributed by atoms with Crippen LogP contribution in [0.15, 0.2) is 0 Å². The van der Waals surface area contributed by atoms with E-state index in [2.05, 4.69) is 13.8 Å². The molecule has 2 atom stereocenters. The summed E-state index contributed by atoms with van der Waals surface area (Å²) in [5, 5.41) is 9.57. The number of carboxylic acids is 1. The van der Waals surface area contributed by atoms with Crippen molar-refractivity contribution in [3.63, 3.8) is 0 Å². The van der Waals surface area contributed by atoms with Gasteiger partial charge in [-0.25, -0.2) is 4.79 Å². The first-order chi connectivity index (χ1) is 23.6. The lowest BCUT2D eigenvalue weighted by Gasteiger charge is -2.31. The Morgan fingerprint density at radius 1 is 0.531 bits per heavy atom. The van der Waals surface area contributed by atoms with Crippen LogP contribution in [0.4, 0.5) is 0 Å². The highest BCUT2D eigenvalue weighted by Gasteiger charge is 2.31. The zero-order valence-electron chi connectivity index (χ0n) is 32.9. The first-order valence-electron chi connectivity index (χ1n) is 20.6. The summed E-state index contributed by atoms with van der Waals surface area (Å²) in [5.74, 6) is -1.46. The maximum absolute atomic E-state index is 12.6. The first-order valence-corrected chi connectivity index (χ1v) is 20.6. The van der Waals surface area contributed by atoms with Crippen LogP contribution in [0.25, 0.3) is 0 Å². The Balaban J connectivity index is 4.17. The van der Waals surface area contributed by atoms with E-state index in [9.17, 15) is 19.5 Å². The number of quaternary nitrogens is 1. The van der Waals surface area contributed by atoms with Crippen molar-refractivity contribution in [2.75, 3.05) is 41.0 Å². The molecule has 8 nitrogen and oxygen atoms in total. The highest BCUT2D eigenvalue weighted by molar-refractivity contribution is 5.72. The van der Waals surface area contributed by atoms with Crippen LogP contribution in [0.3, 0.4) is 0 Å². The minimum absolute atomic E-state index is 0.0444. The summed E-state index contributed by atoms with van der Waals surface area (Å²) in [6.45, 7) is 4.70. The predicted molar refractivity (Wildman–Crippen MR) is 202 cm³/mol. The summed E-state index contributed by atoms with van der Waals surface area (Å²) in [6, 6.07) is -0.606. The molecule has 290 valence electrons. The van der Waals surface area contributed by atoms with Crippen LogP contribution in [0, 0.1) is 0 Å². The Hall–Kier alpha value is -1.67. The molecule has 2 unspecified atom stereocenters. The average molecular weight is 699 g/mol. The molecule has 0 bridgehead atoms.